The van der Waals surface area contributed by atoms with Gasteiger partial charge >= 0.3 is 5.97 Å². The van der Waals surface area contributed by atoms with Crippen LogP contribution in [0.2, 0.25) is 5.02 Å². The highest BCUT2D eigenvalue weighted by Gasteiger charge is 2.08. The van der Waals surface area contributed by atoms with Crippen molar-refractivity contribution < 1.29 is 14.3 Å². The van der Waals surface area contributed by atoms with Gasteiger partial charge in [-0.15, -0.1) is 11.8 Å². The Morgan fingerprint density at radius 3 is 2.50 bits per heavy atom. The van der Waals surface area contributed by atoms with Crippen LogP contribution in [-0.4, -0.2) is 24.2 Å². The first-order chi connectivity index (χ1) is 11.6. The molecule has 1 amide bonds. The van der Waals surface area contributed by atoms with Crippen molar-refractivity contribution in [1.82, 2.24) is 0 Å². The van der Waals surface area contributed by atoms with E-state index < -0.39 is 0 Å². The second kappa shape index (κ2) is 9.35. The van der Waals surface area contributed by atoms with Crippen molar-refractivity contribution in [2.24, 2.45) is 0 Å². The second-order valence-corrected chi connectivity index (χ2v) is 6.32. The summed E-state index contributed by atoms with van der Waals surface area (Å²) in [5.74, 6) is 0.529. The highest BCUT2D eigenvalue weighted by molar-refractivity contribution is 7.99. The number of carbonyl (C=O) groups excluding carboxylic acids is 2. The van der Waals surface area contributed by atoms with E-state index in [0.717, 1.165) is 5.56 Å². The van der Waals surface area contributed by atoms with E-state index in [9.17, 15) is 9.59 Å². The van der Waals surface area contributed by atoms with Crippen LogP contribution in [0.1, 0.15) is 22.8 Å². The lowest BCUT2D eigenvalue weighted by molar-refractivity contribution is -0.113. The van der Waals surface area contributed by atoms with Crippen LogP contribution < -0.4 is 5.32 Å². The fourth-order valence-corrected chi connectivity index (χ4v) is 3.08. The lowest BCUT2D eigenvalue weighted by Crippen LogP contribution is -2.14. The molecule has 24 heavy (non-hydrogen) atoms. The second-order valence-electron chi connectivity index (χ2n) is 4.93. The van der Waals surface area contributed by atoms with E-state index >= 15 is 0 Å². The van der Waals surface area contributed by atoms with Gasteiger partial charge in [0.2, 0.25) is 5.91 Å². The molecule has 0 aliphatic heterocycles. The third-order valence-electron chi connectivity index (χ3n) is 3.13. The molecule has 0 radical (unpaired) electrons. The minimum absolute atomic E-state index is 0.101. The summed E-state index contributed by atoms with van der Waals surface area (Å²) in [6, 6.07) is 14.2. The van der Waals surface area contributed by atoms with Gasteiger partial charge in [-0.2, -0.15) is 0 Å². The van der Waals surface area contributed by atoms with E-state index in [1.165, 1.54) is 11.8 Å². The molecule has 2 aromatic carbocycles. The lowest BCUT2D eigenvalue weighted by atomic mass is 10.2. The lowest BCUT2D eigenvalue weighted by Gasteiger charge is -2.07. The molecule has 0 bridgehead atoms. The van der Waals surface area contributed by atoms with E-state index in [4.69, 9.17) is 16.3 Å². The average molecular weight is 364 g/mol. The minimum atomic E-state index is -0.370. The maximum atomic E-state index is 12.0. The Kier molecular flexibility index (Phi) is 7.15. The molecule has 0 unspecified atom stereocenters. The largest absolute Gasteiger partial charge is 0.462 e. The number of rotatable bonds is 7. The Labute approximate surface area is 150 Å². The monoisotopic (exact) mass is 363 g/mol. The number of hydrogen-bond donors (Lipinski definition) is 1. The van der Waals surface area contributed by atoms with Crippen LogP contribution >= 0.6 is 23.4 Å². The molecule has 0 heterocycles. The first kappa shape index (κ1) is 18.4. The predicted molar refractivity (Wildman–Crippen MR) is 98.6 cm³/mol. The number of ether oxygens (including phenoxy) is 1. The molecule has 1 N–H and O–H groups in total. The molecular weight excluding hydrogens is 346 g/mol. The number of nitrogens with one attached hydrogen (secondary N) is 1. The minimum Gasteiger partial charge on any atom is -0.462 e. The van der Waals surface area contributed by atoms with Crippen LogP contribution in [0.3, 0.4) is 0 Å². The van der Waals surface area contributed by atoms with Gasteiger partial charge in [0.15, 0.2) is 0 Å². The molecule has 126 valence electrons. The van der Waals surface area contributed by atoms with Crippen LogP contribution in [0.25, 0.3) is 0 Å². The maximum Gasteiger partial charge on any atom is 0.338 e. The Balaban J connectivity index is 1.80. The molecule has 0 saturated heterocycles. The summed E-state index contributed by atoms with van der Waals surface area (Å²) in [5.41, 5.74) is 2.12. The zero-order valence-electron chi connectivity index (χ0n) is 13.3. The van der Waals surface area contributed by atoms with E-state index in [1.54, 1.807) is 31.2 Å². The summed E-state index contributed by atoms with van der Waals surface area (Å²) in [6.07, 6.45) is 0. The van der Waals surface area contributed by atoms with Crippen molar-refractivity contribution >= 4 is 40.9 Å². The van der Waals surface area contributed by atoms with Gasteiger partial charge in [0.1, 0.15) is 0 Å². The Morgan fingerprint density at radius 2 is 1.83 bits per heavy atom. The number of carbonyl (C=O) groups is 2. The van der Waals surface area contributed by atoms with Crippen molar-refractivity contribution in [3.63, 3.8) is 0 Å². The topological polar surface area (TPSA) is 55.4 Å². The fraction of sp³-hybridized carbons (Fsp3) is 0.222. The fourth-order valence-electron chi connectivity index (χ4n) is 1.97. The third-order valence-corrected chi connectivity index (χ3v) is 4.48. The maximum absolute atomic E-state index is 12.0. The average Bonchev–Trinajstić information content (AvgIpc) is 2.57. The predicted octanol–water partition coefficient (Wildman–Crippen LogP) is 4.39. The zero-order chi connectivity index (χ0) is 17.4. The first-order valence-electron chi connectivity index (χ1n) is 7.48. The normalized spacial score (nSPS) is 10.2. The molecular formula is C18H18ClNO3S. The molecule has 0 saturated carbocycles. The number of benzene rings is 2. The summed E-state index contributed by atoms with van der Waals surface area (Å²) >= 11 is 7.57. The van der Waals surface area contributed by atoms with Crippen LogP contribution in [0.5, 0.6) is 0 Å². The van der Waals surface area contributed by atoms with Gasteiger partial charge in [-0.3, -0.25) is 4.79 Å². The molecule has 0 aliphatic rings. The summed E-state index contributed by atoms with van der Waals surface area (Å²) in [5, 5.41) is 3.50. The standard InChI is InChI=1S/C18H18ClNO3S/c1-2-23-18(22)13-7-9-15(10-8-13)20-17(21)12-24-11-14-5-3-4-6-16(14)19/h3-10H,2,11-12H2,1H3,(H,20,21). The van der Waals surface area contributed by atoms with Gasteiger partial charge in [0.05, 0.1) is 17.9 Å². The van der Waals surface area contributed by atoms with Gasteiger partial charge in [0.25, 0.3) is 0 Å². The summed E-state index contributed by atoms with van der Waals surface area (Å²) in [7, 11) is 0. The van der Waals surface area contributed by atoms with Gasteiger partial charge in [-0.05, 0) is 42.8 Å². The van der Waals surface area contributed by atoms with Crippen molar-refractivity contribution in [2.45, 2.75) is 12.7 Å². The van der Waals surface area contributed by atoms with E-state index in [-0.39, 0.29) is 11.9 Å². The third kappa shape index (κ3) is 5.58. The summed E-state index contributed by atoms with van der Waals surface area (Å²) in [6.45, 7) is 2.09. The molecule has 4 nitrogen and oxygen atoms in total. The quantitative estimate of drug-likeness (QED) is 0.741. The number of anilines is 1. The zero-order valence-corrected chi connectivity index (χ0v) is 14.8. The molecule has 0 spiro atoms. The van der Waals surface area contributed by atoms with E-state index in [2.05, 4.69) is 5.32 Å². The smallest absolute Gasteiger partial charge is 0.338 e. The molecule has 0 atom stereocenters. The number of halogens is 1. The van der Waals surface area contributed by atoms with E-state index in [0.29, 0.717) is 34.4 Å². The van der Waals surface area contributed by atoms with Gasteiger partial charge in [-0.25, -0.2) is 4.79 Å². The molecule has 0 aromatic heterocycles. The molecule has 0 fully saturated rings. The number of esters is 1. The highest BCUT2D eigenvalue weighted by atomic mass is 35.5. The SMILES string of the molecule is CCOC(=O)c1ccc(NC(=O)CSCc2ccccc2Cl)cc1. The first-order valence-corrected chi connectivity index (χ1v) is 9.01. The summed E-state index contributed by atoms with van der Waals surface area (Å²) < 4.78 is 4.91. The van der Waals surface area contributed by atoms with Gasteiger partial charge in [-0.1, -0.05) is 29.8 Å². The number of hydrogen-bond acceptors (Lipinski definition) is 4. The van der Waals surface area contributed by atoms with Crippen molar-refractivity contribution in [3.05, 3.63) is 64.7 Å². The van der Waals surface area contributed by atoms with Crippen LogP contribution in [-0.2, 0) is 15.3 Å². The van der Waals surface area contributed by atoms with Crippen molar-refractivity contribution in [3.8, 4) is 0 Å². The molecule has 2 aromatic rings. The number of thioether (sulfide) groups is 1. The summed E-state index contributed by atoms with van der Waals surface area (Å²) in [4.78, 5) is 23.5. The van der Waals surface area contributed by atoms with Crippen molar-refractivity contribution in [2.75, 3.05) is 17.7 Å². The Hall–Kier alpha value is -1.98. The van der Waals surface area contributed by atoms with Crippen molar-refractivity contribution in [1.29, 1.82) is 0 Å². The molecule has 2 rings (SSSR count). The highest BCUT2D eigenvalue weighted by Crippen LogP contribution is 2.21. The van der Waals surface area contributed by atoms with Crippen LogP contribution in [0.15, 0.2) is 48.5 Å². The van der Waals surface area contributed by atoms with Gasteiger partial charge < -0.3 is 10.1 Å². The number of amides is 1. The molecule has 0 aliphatic carbocycles. The van der Waals surface area contributed by atoms with Crippen LogP contribution in [0.4, 0.5) is 5.69 Å². The van der Waals surface area contributed by atoms with E-state index in [1.807, 2.05) is 24.3 Å². The van der Waals surface area contributed by atoms with Gasteiger partial charge in [0, 0.05) is 16.5 Å². The van der Waals surface area contributed by atoms with Crippen LogP contribution in [0, 0.1) is 0 Å². The molecule has 6 heteroatoms. The Bertz CT molecular complexity index is 704. The Morgan fingerprint density at radius 1 is 1.12 bits per heavy atom.